The molecular weight excluding hydrogens is 182 g/mol. The Bertz CT molecular complexity index is 339. The molecule has 1 heterocycles. The van der Waals surface area contributed by atoms with Crippen LogP contribution in [0.1, 0.15) is 39.2 Å². The third-order valence-electron chi connectivity index (χ3n) is 3.86. The first-order valence-corrected chi connectivity index (χ1v) is 6.04. The molecule has 15 heavy (non-hydrogen) atoms. The number of para-hydroxylation sites is 1. The Morgan fingerprint density at radius 3 is 2.73 bits per heavy atom. The molecule has 1 aliphatic rings. The average molecular weight is 203 g/mol. The minimum absolute atomic E-state index is 0.366. The Kier molecular flexibility index (Phi) is 2.72. The van der Waals surface area contributed by atoms with Crippen LogP contribution in [0.2, 0.25) is 0 Å². The van der Waals surface area contributed by atoms with Crippen LogP contribution in [-0.4, -0.2) is 6.54 Å². The topological polar surface area (TPSA) is 12.0 Å². The summed E-state index contributed by atoms with van der Waals surface area (Å²) in [5, 5.41) is 3.56. The molecule has 82 valence electrons. The lowest BCUT2D eigenvalue weighted by molar-refractivity contribution is 0.311. The second kappa shape index (κ2) is 3.88. The highest BCUT2D eigenvalue weighted by Crippen LogP contribution is 2.44. The van der Waals surface area contributed by atoms with Crippen molar-refractivity contribution in [3.63, 3.8) is 0 Å². The third-order valence-corrected chi connectivity index (χ3v) is 3.86. The molecule has 0 aliphatic carbocycles. The van der Waals surface area contributed by atoms with Gasteiger partial charge in [0.2, 0.25) is 0 Å². The van der Waals surface area contributed by atoms with Crippen LogP contribution in [0.25, 0.3) is 0 Å². The smallest absolute Gasteiger partial charge is 0.0379 e. The fraction of sp³-hybridized carbons (Fsp3) is 0.571. The van der Waals surface area contributed by atoms with Crippen LogP contribution in [0, 0.1) is 5.92 Å². The summed E-state index contributed by atoms with van der Waals surface area (Å²) >= 11 is 0. The van der Waals surface area contributed by atoms with E-state index in [2.05, 4.69) is 50.4 Å². The van der Waals surface area contributed by atoms with Gasteiger partial charge in [-0.2, -0.15) is 0 Å². The van der Waals surface area contributed by atoms with Crippen molar-refractivity contribution in [1.82, 2.24) is 0 Å². The van der Waals surface area contributed by atoms with Crippen LogP contribution in [0.15, 0.2) is 24.3 Å². The number of anilines is 1. The predicted octanol–water partition coefficient (Wildman–Crippen LogP) is 3.81. The van der Waals surface area contributed by atoms with Gasteiger partial charge in [0.1, 0.15) is 0 Å². The fourth-order valence-corrected chi connectivity index (χ4v) is 2.89. The highest BCUT2D eigenvalue weighted by Gasteiger charge is 2.40. The first kappa shape index (κ1) is 10.5. The summed E-state index contributed by atoms with van der Waals surface area (Å²) in [6, 6.07) is 8.78. The molecule has 0 spiro atoms. The Morgan fingerprint density at radius 2 is 2.07 bits per heavy atom. The van der Waals surface area contributed by atoms with Gasteiger partial charge in [-0.15, -0.1) is 0 Å². The zero-order valence-electron chi connectivity index (χ0n) is 10.0. The van der Waals surface area contributed by atoms with E-state index >= 15 is 0 Å². The Labute approximate surface area is 92.9 Å². The molecule has 1 atom stereocenters. The molecule has 1 unspecified atom stereocenters. The van der Waals surface area contributed by atoms with Crippen molar-refractivity contribution in [3.05, 3.63) is 29.8 Å². The van der Waals surface area contributed by atoms with Gasteiger partial charge < -0.3 is 5.32 Å². The number of nitrogens with one attached hydrogen (secondary N) is 1. The van der Waals surface area contributed by atoms with Gasteiger partial charge in [0, 0.05) is 17.6 Å². The van der Waals surface area contributed by atoms with Crippen molar-refractivity contribution in [1.29, 1.82) is 0 Å². The largest absolute Gasteiger partial charge is 0.384 e. The highest BCUT2D eigenvalue weighted by molar-refractivity contribution is 5.60. The third kappa shape index (κ3) is 1.54. The molecule has 1 aromatic rings. The lowest BCUT2D eigenvalue weighted by atomic mass is 9.70. The Morgan fingerprint density at radius 1 is 1.33 bits per heavy atom. The number of fused-ring (bicyclic) bond motifs is 1. The number of benzene rings is 1. The van der Waals surface area contributed by atoms with E-state index in [9.17, 15) is 0 Å². The quantitative estimate of drug-likeness (QED) is 0.787. The average Bonchev–Trinajstić information content (AvgIpc) is 2.60. The van der Waals surface area contributed by atoms with E-state index in [1.54, 1.807) is 0 Å². The normalized spacial score (nSPS) is 24.0. The fourth-order valence-electron chi connectivity index (χ4n) is 2.89. The first-order valence-electron chi connectivity index (χ1n) is 6.04. The van der Waals surface area contributed by atoms with Crippen molar-refractivity contribution in [2.45, 2.75) is 39.0 Å². The molecule has 0 aromatic heterocycles. The van der Waals surface area contributed by atoms with E-state index < -0.39 is 0 Å². The number of hydrogen-bond donors (Lipinski definition) is 1. The first-order chi connectivity index (χ1) is 7.20. The maximum Gasteiger partial charge on any atom is 0.0379 e. The molecule has 2 rings (SSSR count). The van der Waals surface area contributed by atoms with Gasteiger partial charge in [-0.3, -0.25) is 0 Å². The monoisotopic (exact) mass is 203 g/mol. The lowest BCUT2D eigenvalue weighted by Gasteiger charge is -2.33. The van der Waals surface area contributed by atoms with Crippen molar-refractivity contribution in [2.75, 3.05) is 11.9 Å². The molecule has 0 saturated carbocycles. The summed E-state index contributed by atoms with van der Waals surface area (Å²) < 4.78 is 0. The van der Waals surface area contributed by atoms with E-state index in [0.29, 0.717) is 11.3 Å². The summed E-state index contributed by atoms with van der Waals surface area (Å²) in [5.74, 6) is 0.702. The molecule has 0 bridgehead atoms. The molecule has 1 heteroatoms. The molecule has 1 aromatic carbocycles. The van der Waals surface area contributed by atoms with E-state index in [0.717, 1.165) is 6.54 Å². The summed E-state index contributed by atoms with van der Waals surface area (Å²) in [6.07, 6.45) is 2.54. The molecule has 1 nitrogen and oxygen atoms in total. The Balaban J connectivity index is 2.44. The summed E-state index contributed by atoms with van der Waals surface area (Å²) in [6.45, 7) is 8.09. The van der Waals surface area contributed by atoms with E-state index in [1.807, 2.05) is 0 Å². The molecule has 0 fully saturated rings. The Hall–Kier alpha value is -0.980. The van der Waals surface area contributed by atoms with E-state index in [1.165, 1.54) is 24.1 Å². The number of hydrogen-bond acceptors (Lipinski definition) is 1. The minimum atomic E-state index is 0.366. The standard InChI is InChI=1S/C14H21N/c1-4-9-14(11(2)3)10-15-13-8-6-5-7-12(13)14/h5-8,11,15H,4,9-10H2,1-3H3. The van der Waals surface area contributed by atoms with Crippen molar-refractivity contribution in [3.8, 4) is 0 Å². The SMILES string of the molecule is CCCC1(C(C)C)CNc2ccccc21. The summed E-state index contributed by atoms with van der Waals surface area (Å²) in [7, 11) is 0. The molecule has 0 saturated heterocycles. The van der Waals surface area contributed by atoms with Gasteiger partial charge in [-0.1, -0.05) is 45.4 Å². The molecule has 0 radical (unpaired) electrons. The van der Waals surface area contributed by atoms with Crippen LogP contribution in [0.4, 0.5) is 5.69 Å². The zero-order chi connectivity index (χ0) is 10.9. The zero-order valence-corrected chi connectivity index (χ0v) is 10.0. The van der Waals surface area contributed by atoms with Gasteiger partial charge in [0.25, 0.3) is 0 Å². The highest BCUT2D eigenvalue weighted by atomic mass is 14.9. The van der Waals surface area contributed by atoms with Gasteiger partial charge in [-0.05, 0) is 24.0 Å². The second-order valence-corrected chi connectivity index (χ2v) is 4.96. The number of rotatable bonds is 3. The predicted molar refractivity (Wildman–Crippen MR) is 66.4 cm³/mol. The molecular formula is C14H21N. The summed E-state index contributed by atoms with van der Waals surface area (Å²) in [5.41, 5.74) is 3.24. The lowest BCUT2D eigenvalue weighted by Crippen LogP contribution is -2.34. The maximum absolute atomic E-state index is 3.56. The molecule has 1 aliphatic heterocycles. The van der Waals surface area contributed by atoms with Crippen molar-refractivity contribution in [2.24, 2.45) is 5.92 Å². The second-order valence-electron chi connectivity index (χ2n) is 4.96. The van der Waals surface area contributed by atoms with Crippen LogP contribution >= 0.6 is 0 Å². The van der Waals surface area contributed by atoms with Gasteiger partial charge in [0.15, 0.2) is 0 Å². The van der Waals surface area contributed by atoms with E-state index in [4.69, 9.17) is 0 Å². The maximum atomic E-state index is 3.56. The van der Waals surface area contributed by atoms with Gasteiger partial charge in [0.05, 0.1) is 0 Å². The van der Waals surface area contributed by atoms with Crippen LogP contribution in [0.5, 0.6) is 0 Å². The van der Waals surface area contributed by atoms with Gasteiger partial charge >= 0.3 is 0 Å². The van der Waals surface area contributed by atoms with Crippen LogP contribution in [0.3, 0.4) is 0 Å². The van der Waals surface area contributed by atoms with E-state index in [-0.39, 0.29) is 0 Å². The summed E-state index contributed by atoms with van der Waals surface area (Å²) in [4.78, 5) is 0. The minimum Gasteiger partial charge on any atom is -0.384 e. The molecule has 1 N–H and O–H groups in total. The molecule has 0 amide bonds. The van der Waals surface area contributed by atoms with Crippen LogP contribution in [-0.2, 0) is 5.41 Å². The van der Waals surface area contributed by atoms with Crippen molar-refractivity contribution < 1.29 is 0 Å². The van der Waals surface area contributed by atoms with Gasteiger partial charge in [-0.25, -0.2) is 0 Å². The van der Waals surface area contributed by atoms with Crippen LogP contribution < -0.4 is 5.32 Å². The van der Waals surface area contributed by atoms with Crippen molar-refractivity contribution >= 4 is 5.69 Å².